The first-order valence-electron chi connectivity index (χ1n) is 7.83. The smallest absolute Gasteiger partial charge is 0.410 e. The Bertz CT molecular complexity index is 672. The van der Waals surface area contributed by atoms with Gasteiger partial charge >= 0.3 is 6.09 Å². The average molecular weight is 301 g/mol. The number of fused-ring (bicyclic) bond motifs is 1. The number of carbonyl (C=O) groups is 1. The number of hydrogen-bond acceptors (Lipinski definition) is 3. The summed E-state index contributed by atoms with van der Waals surface area (Å²) >= 11 is 0. The number of carbonyl (C=O) groups excluding carboxylic acids is 1. The van der Waals surface area contributed by atoms with Crippen molar-refractivity contribution in [3.05, 3.63) is 36.4 Å². The zero-order chi connectivity index (χ0) is 15.7. The van der Waals surface area contributed by atoms with Crippen molar-refractivity contribution in [3.63, 3.8) is 0 Å². The normalized spacial score (nSPS) is 19.4. The molecule has 1 aliphatic heterocycles. The van der Waals surface area contributed by atoms with Crippen LogP contribution in [0.25, 0.3) is 5.52 Å². The zero-order valence-electron chi connectivity index (χ0n) is 13.5. The largest absolute Gasteiger partial charge is 0.444 e. The Kier molecular flexibility index (Phi) is 3.81. The fourth-order valence-corrected chi connectivity index (χ4v) is 2.97. The number of aromatic nitrogens is 2. The minimum Gasteiger partial charge on any atom is -0.444 e. The lowest BCUT2D eigenvalue weighted by atomic mass is 9.94. The van der Waals surface area contributed by atoms with Crippen LogP contribution in [0, 0.1) is 0 Å². The Hall–Kier alpha value is -2.04. The summed E-state index contributed by atoms with van der Waals surface area (Å²) < 4.78 is 7.52. The molecule has 5 nitrogen and oxygen atoms in total. The molecule has 1 saturated heterocycles. The van der Waals surface area contributed by atoms with Gasteiger partial charge in [0.05, 0.1) is 17.5 Å². The summed E-state index contributed by atoms with van der Waals surface area (Å²) in [5.74, 6) is 0.272. The molecule has 3 rings (SSSR count). The van der Waals surface area contributed by atoms with Gasteiger partial charge in [-0.05, 0) is 45.7 Å². The number of nitrogens with zero attached hydrogens (tertiary/aromatic N) is 3. The lowest BCUT2D eigenvalue weighted by molar-refractivity contribution is 0.0197. The van der Waals surface area contributed by atoms with Crippen LogP contribution in [0.3, 0.4) is 0 Å². The number of ether oxygens (including phenoxy) is 1. The second-order valence-corrected chi connectivity index (χ2v) is 6.89. The van der Waals surface area contributed by atoms with Gasteiger partial charge in [0.15, 0.2) is 0 Å². The molecule has 1 atom stereocenters. The van der Waals surface area contributed by atoms with Crippen LogP contribution >= 0.6 is 0 Å². The predicted molar refractivity (Wildman–Crippen MR) is 85.0 cm³/mol. The Balaban J connectivity index is 1.77. The fourth-order valence-electron chi connectivity index (χ4n) is 2.97. The summed E-state index contributed by atoms with van der Waals surface area (Å²) in [7, 11) is 0. The number of rotatable bonds is 1. The van der Waals surface area contributed by atoms with Crippen molar-refractivity contribution in [3.8, 4) is 0 Å². The third-order valence-electron chi connectivity index (χ3n) is 3.93. The Morgan fingerprint density at radius 1 is 1.36 bits per heavy atom. The first-order chi connectivity index (χ1) is 10.4. The molecule has 0 aromatic carbocycles. The van der Waals surface area contributed by atoms with Crippen LogP contribution in [0.15, 0.2) is 30.7 Å². The molecule has 0 bridgehead atoms. The molecule has 2 aromatic rings. The number of piperidine rings is 1. The molecule has 0 spiro atoms. The van der Waals surface area contributed by atoms with Gasteiger partial charge in [0.1, 0.15) is 5.60 Å². The third-order valence-corrected chi connectivity index (χ3v) is 3.93. The molecular weight excluding hydrogens is 278 g/mol. The first-order valence-corrected chi connectivity index (χ1v) is 7.83. The van der Waals surface area contributed by atoms with Gasteiger partial charge in [0, 0.05) is 25.2 Å². The van der Waals surface area contributed by atoms with E-state index in [0.717, 1.165) is 30.6 Å². The second kappa shape index (κ2) is 5.63. The molecular formula is C17H23N3O2. The van der Waals surface area contributed by atoms with E-state index in [0.29, 0.717) is 6.54 Å². The lowest BCUT2D eigenvalue weighted by Gasteiger charge is -2.33. The van der Waals surface area contributed by atoms with Gasteiger partial charge in [0.2, 0.25) is 0 Å². The Morgan fingerprint density at radius 2 is 2.18 bits per heavy atom. The maximum absolute atomic E-state index is 12.3. The van der Waals surface area contributed by atoms with Gasteiger partial charge in [-0.3, -0.25) is 0 Å². The number of amides is 1. The van der Waals surface area contributed by atoms with E-state index in [1.165, 1.54) is 0 Å². The monoisotopic (exact) mass is 301 g/mol. The highest BCUT2D eigenvalue weighted by atomic mass is 16.6. The molecule has 3 heterocycles. The van der Waals surface area contributed by atoms with Crippen LogP contribution in [0.2, 0.25) is 0 Å². The van der Waals surface area contributed by atoms with Crippen molar-refractivity contribution in [2.24, 2.45) is 0 Å². The summed E-state index contributed by atoms with van der Waals surface area (Å²) in [4.78, 5) is 18.7. The summed E-state index contributed by atoms with van der Waals surface area (Å²) in [6.45, 7) is 7.13. The zero-order valence-corrected chi connectivity index (χ0v) is 13.5. The van der Waals surface area contributed by atoms with Crippen LogP contribution in [0.1, 0.15) is 45.2 Å². The van der Waals surface area contributed by atoms with E-state index in [-0.39, 0.29) is 12.0 Å². The molecule has 0 radical (unpaired) electrons. The van der Waals surface area contributed by atoms with Gasteiger partial charge in [-0.1, -0.05) is 6.07 Å². The summed E-state index contributed by atoms with van der Waals surface area (Å²) in [5.41, 5.74) is 1.75. The molecule has 1 unspecified atom stereocenters. The number of likely N-dealkylation sites (tertiary alicyclic amines) is 1. The van der Waals surface area contributed by atoms with Crippen molar-refractivity contribution < 1.29 is 9.53 Å². The van der Waals surface area contributed by atoms with E-state index in [1.807, 2.05) is 54.7 Å². The standard InChI is InChI=1S/C17H23N3O2/c1-17(2,3)22-16(21)19-10-6-7-13(11-19)15-14-8-4-5-9-20(14)12-18-15/h4-5,8-9,12-13H,6-7,10-11H2,1-3H3. The van der Waals surface area contributed by atoms with Gasteiger partial charge in [-0.25, -0.2) is 9.78 Å². The highest BCUT2D eigenvalue weighted by Gasteiger charge is 2.29. The molecule has 1 aliphatic rings. The molecule has 5 heteroatoms. The number of imidazole rings is 1. The van der Waals surface area contributed by atoms with Crippen LogP contribution in [-0.2, 0) is 4.74 Å². The van der Waals surface area contributed by atoms with Crippen LogP contribution in [0.4, 0.5) is 4.79 Å². The topological polar surface area (TPSA) is 46.8 Å². The van der Waals surface area contributed by atoms with E-state index in [2.05, 4.69) is 11.1 Å². The van der Waals surface area contributed by atoms with E-state index >= 15 is 0 Å². The van der Waals surface area contributed by atoms with Crippen molar-refractivity contribution in [2.75, 3.05) is 13.1 Å². The van der Waals surface area contributed by atoms with E-state index in [1.54, 1.807) is 0 Å². The quantitative estimate of drug-likeness (QED) is 0.810. The predicted octanol–water partition coefficient (Wildman–Crippen LogP) is 3.45. The van der Waals surface area contributed by atoms with Crippen molar-refractivity contribution in [2.45, 2.75) is 45.1 Å². The Morgan fingerprint density at radius 3 is 2.95 bits per heavy atom. The fraction of sp³-hybridized carbons (Fsp3) is 0.529. The molecule has 118 valence electrons. The summed E-state index contributed by atoms with van der Waals surface area (Å²) in [5, 5.41) is 0. The number of hydrogen-bond donors (Lipinski definition) is 0. The van der Waals surface area contributed by atoms with Crippen LogP contribution in [0.5, 0.6) is 0 Å². The molecule has 2 aromatic heterocycles. The van der Waals surface area contributed by atoms with Crippen molar-refractivity contribution in [1.29, 1.82) is 0 Å². The SMILES string of the molecule is CC(C)(C)OC(=O)N1CCCC(c2ncn3ccccc23)C1. The van der Waals surface area contributed by atoms with Crippen molar-refractivity contribution >= 4 is 11.6 Å². The lowest BCUT2D eigenvalue weighted by Crippen LogP contribution is -2.42. The molecule has 1 fully saturated rings. The second-order valence-electron chi connectivity index (χ2n) is 6.89. The Labute approximate surface area is 130 Å². The first kappa shape index (κ1) is 14.9. The minimum atomic E-state index is -0.453. The minimum absolute atomic E-state index is 0.222. The third kappa shape index (κ3) is 3.08. The maximum atomic E-state index is 12.3. The van der Waals surface area contributed by atoms with E-state index in [4.69, 9.17) is 4.74 Å². The van der Waals surface area contributed by atoms with Crippen LogP contribution in [-0.4, -0.2) is 39.1 Å². The van der Waals surface area contributed by atoms with Gasteiger partial charge in [-0.15, -0.1) is 0 Å². The molecule has 22 heavy (non-hydrogen) atoms. The van der Waals surface area contributed by atoms with Crippen molar-refractivity contribution in [1.82, 2.24) is 14.3 Å². The number of pyridine rings is 1. The van der Waals surface area contributed by atoms with Gasteiger partial charge < -0.3 is 14.0 Å². The molecule has 0 saturated carbocycles. The van der Waals surface area contributed by atoms with Gasteiger partial charge in [0.25, 0.3) is 0 Å². The maximum Gasteiger partial charge on any atom is 0.410 e. The molecule has 0 aliphatic carbocycles. The van der Waals surface area contributed by atoms with E-state index in [9.17, 15) is 4.79 Å². The van der Waals surface area contributed by atoms with Gasteiger partial charge in [-0.2, -0.15) is 0 Å². The highest BCUT2D eigenvalue weighted by Crippen LogP contribution is 2.29. The van der Waals surface area contributed by atoms with E-state index < -0.39 is 5.60 Å². The average Bonchev–Trinajstić information content (AvgIpc) is 2.89. The van der Waals surface area contributed by atoms with Crippen LogP contribution < -0.4 is 0 Å². The highest BCUT2D eigenvalue weighted by molar-refractivity contribution is 5.68. The summed E-state index contributed by atoms with van der Waals surface area (Å²) in [6.07, 6.45) is 5.66. The molecule has 1 amide bonds. The summed E-state index contributed by atoms with van der Waals surface area (Å²) in [6, 6.07) is 6.09. The molecule has 0 N–H and O–H groups in total.